The van der Waals surface area contributed by atoms with Crippen molar-refractivity contribution in [3.8, 4) is 0 Å². The summed E-state index contributed by atoms with van der Waals surface area (Å²) in [5, 5.41) is 5.48. The number of nitrogens with zero attached hydrogens (tertiary/aromatic N) is 1. The van der Waals surface area contributed by atoms with Crippen molar-refractivity contribution in [1.82, 2.24) is 10.6 Å². The summed E-state index contributed by atoms with van der Waals surface area (Å²) in [7, 11) is 1.49. The van der Waals surface area contributed by atoms with E-state index in [1.54, 1.807) is 12.1 Å². The van der Waals surface area contributed by atoms with Crippen molar-refractivity contribution in [1.29, 1.82) is 0 Å². The van der Waals surface area contributed by atoms with E-state index in [9.17, 15) is 17.6 Å². The van der Waals surface area contributed by atoms with Gasteiger partial charge in [0.2, 0.25) is 0 Å². The molecule has 0 heterocycles. The summed E-state index contributed by atoms with van der Waals surface area (Å²) in [6.45, 7) is 0.275. The standard InChI is InChI=1S/C13H17F4N3.HI/c1-18-12(20-9-7-13(15,16)17)19-8-6-10-2-4-11(14)5-3-10;/h2-5H,6-9H2,1H3,(H2,18,19,20);1H. The van der Waals surface area contributed by atoms with Gasteiger partial charge in [-0.3, -0.25) is 4.99 Å². The molecule has 1 aromatic carbocycles. The van der Waals surface area contributed by atoms with E-state index >= 15 is 0 Å². The Morgan fingerprint density at radius 3 is 2.19 bits per heavy atom. The van der Waals surface area contributed by atoms with E-state index < -0.39 is 12.6 Å². The number of halogens is 5. The third-order valence-electron chi connectivity index (χ3n) is 2.54. The molecule has 1 rings (SSSR count). The lowest BCUT2D eigenvalue weighted by Gasteiger charge is -2.12. The first-order valence-corrected chi connectivity index (χ1v) is 6.16. The van der Waals surface area contributed by atoms with Crippen molar-refractivity contribution < 1.29 is 17.6 Å². The zero-order valence-corrected chi connectivity index (χ0v) is 13.8. The molecule has 3 nitrogen and oxygen atoms in total. The quantitative estimate of drug-likeness (QED) is 0.333. The number of hydrogen-bond donors (Lipinski definition) is 2. The minimum Gasteiger partial charge on any atom is -0.356 e. The zero-order chi connectivity index (χ0) is 15.0. The molecule has 0 bridgehead atoms. The predicted molar refractivity (Wildman–Crippen MR) is 85.6 cm³/mol. The first-order chi connectivity index (χ1) is 9.40. The van der Waals surface area contributed by atoms with Gasteiger partial charge in [-0.15, -0.1) is 24.0 Å². The number of guanidine groups is 1. The van der Waals surface area contributed by atoms with Crippen LogP contribution >= 0.6 is 24.0 Å². The Morgan fingerprint density at radius 1 is 1.10 bits per heavy atom. The molecule has 0 aromatic heterocycles. The van der Waals surface area contributed by atoms with E-state index in [1.807, 2.05) is 0 Å². The van der Waals surface area contributed by atoms with E-state index in [-0.39, 0.29) is 36.3 Å². The summed E-state index contributed by atoms with van der Waals surface area (Å²) >= 11 is 0. The molecule has 1 aromatic rings. The monoisotopic (exact) mass is 419 g/mol. The van der Waals surface area contributed by atoms with Gasteiger partial charge in [0.25, 0.3) is 0 Å². The molecule has 0 saturated heterocycles. The smallest absolute Gasteiger partial charge is 0.356 e. The van der Waals surface area contributed by atoms with Crippen LogP contribution in [0.15, 0.2) is 29.3 Å². The molecular formula is C13H18F4IN3. The summed E-state index contributed by atoms with van der Waals surface area (Å²) in [4.78, 5) is 3.82. The van der Waals surface area contributed by atoms with Crippen LogP contribution < -0.4 is 10.6 Å². The molecule has 0 unspecified atom stereocenters. The van der Waals surface area contributed by atoms with Gasteiger partial charge < -0.3 is 10.6 Å². The van der Waals surface area contributed by atoms with Gasteiger partial charge in [-0.05, 0) is 24.1 Å². The minimum atomic E-state index is -4.18. The van der Waals surface area contributed by atoms with Crippen molar-refractivity contribution >= 4 is 29.9 Å². The van der Waals surface area contributed by atoms with Crippen LogP contribution in [0.25, 0.3) is 0 Å². The Balaban J connectivity index is 0.00000400. The molecule has 0 amide bonds. The van der Waals surface area contributed by atoms with Crippen LogP contribution in [0.2, 0.25) is 0 Å². The number of alkyl halides is 3. The molecule has 120 valence electrons. The number of hydrogen-bond acceptors (Lipinski definition) is 1. The van der Waals surface area contributed by atoms with E-state index in [0.29, 0.717) is 18.9 Å². The molecule has 8 heteroatoms. The predicted octanol–water partition coefficient (Wildman–Crippen LogP) is 3.10. The Morgan fingerprint density at radius 2 is 1.67 bits per heavy atom. The summed E-state index contributed by atoms with van der Waals surface area (Å²) in [6, 6.07) is 6.06. The molecule has 0 atom stereocenters. The van der Waals surface area contributed by atoms with Crippen molar-refractivity contribution in [3.63, 3.8) is 0 Å². The zero-order valence-electron chi connectivity index (χ0n) is 11.5. The molecule has 0 radical (unpaired) electrons. The van der Waals surface area contributed by atoms with Gasteiger partial charge in [0.15, 0.2) is 5.96 Å². The first kappa shape index (κ1) is 19.9. The summed E-state index contributed by atoms with van der Waals surface area (Å²) in [6.07, 6.45) is -4.47. The topological polar surface area (TPSA) is 36.4 Å². The lowest BCUT2D eigenvalue weighted by Crippen LogP contribution is -2.39. The minimum absolute atomic E-state index is 0. The van der Waals surface area contributed by atoms with Gasteiger partial charge in [0.1, 0.15) is 5.82 Å². The van der Waals surface area contributed by atoms with Crippen LogP contribution in [0.3, 0.4) is 0 Å². The van der Waals surface area contributed by atoms with Gasteiger partial charge in [-0.1, -0.05) is 12.1 Å². The van der Waals surface area contributed by atoms with E-state index in [1.165, 1.54) is 19.2 Å². The highest BCUT2D eigenvalue weighted by atomic mass is 127. The van der Waals surface area contributed by atoms with Gasteiger partial charge in [0.05, 0.1) is 6.42 Å². The third-order valence-corrected chi connectivity index (χ3v) is 2.54. The molecular weight excluding hydrogens is 401 g/mol. The highest BCUT2D eigenvalue weighted by molar-refractivity contribution is 14.0. The first-order valence-electron chi connectivity index (χ1n) is 6.16. The molecule has 0 spiro atoms. The highest BCUT2D eigenvalue weighted by Gasteiger charge is 2.26. The Bertz CT molecular complexity index is 432. The Labute approximate surface area is 138 Å². The Kier molecular flexibility index (Phi) is 9.31. The molecule has 0 aliphatic carbocycles. The van der Waals surface area contributed by atoms with Gasteiger partial charge in [-0.25, -0.2) is 4.39 Å². The van der Waals surface area contributed by atoms with Crippen LogP contribution in [0.5, 0.6) is 0 Å². The fourth-order valence-electron chi connectivity index (χ4n) is 1.52. The van der Waals surface area contributed by atoms with Crippen molar-refractivity contribution in [3.05, 3.63) is 35.6 Å². The average molecular weight is 419 g/mol. The van der Waals surface area contributed by atoms with E-state index in [4.69, 9.17) is 0 Å². The second kappa shape index (κ2) is 9.80. The van der Waals surface area contributed by atoms with Crippen LogP contribution in [0.4, 0.5) is 17.6 Å². The van der Waals surface area contributed by atoms with Crippen molar-refractivity contribution in [2.24, 2.45) is 4.99 Å². The van der Waals surface area contributed by atoms with Gasteiger partial charge in [-0.2, -0.15) is 13.2 Å². The van der Waals surface area contributed by atoms with Gasteiger partial charge in [0, 0.05) is 20.1 Å². The molecule has 0 saturated carbocycles. The lowest BCUT2D eigenvalue weighted by molar-refractivity contribution is -0.132. The number of benzene rings is 1. The maximum atomic E-state index is 12.7. The number of rotatable bonds is 5. The molecule has 2 N–H and O–H groups in total. The summed E-state index contributed by atoms with van der Waals surface area (Å²) in [5.41, 5.74) is 0.935. The van der Waals surface area contributed by atoms with Crippen molar-refractivity contribution in [2.45, 2.75) is 19.0 Å². The summed E-state index contributed by atoms with van der Waals surface area (Å²) < 4.78 is 48.6. The fourth-order valence-corrected chi connectivity index (χ4v) is 1.52. The largest absolute Gasteiger partial charge is 0.390 e. The SMILES string of the molecule is CN=C(NCCc1ccc(F)cc1)NCCC(F)(F)F.I. The number of aliphatic imine (C=N–C) groups is 1. The average Bonchev–Trinajstić information content (AvgIpc) is 2.38. The number of nitrogens with one attached hydrogen (secondary N) is 2. The normalized spacial score (nSPS) is 11.8. The lowest BCUT2D eigenvalue weighted by atomic mass is 10.1. The summed E-state index contributed by atoms with van der Waals surface area (Å²) in [5.74, 6) is 0.0164. The van der Waals surface area contributed by atoms with Crippen LogP contribution in [0, 0.1) is 5.82 Å². The molecule has 0 aliphatic heterocycles. The second-order valence-electron chi connectivity index (χ2n) is 4.17. The van der Waals surface area contributed by atoms with Crippen molar-refractivity contribution in [2.75, 3.05) is 20.1 Å². The molecule has 21 heavy (non-hydrogen) atoms. The van der Waals surface area contributed by atoms with Crippen LogP contribution in [-0.2, 0) is 6.42 Å². The van der Waals surface area contributed by atoms with E-state index in [0.717, 1.165) is 5.56 Å². The Hall–Kier alpha value is -1.06. The third kappa shape index (κ3) is 9.48. The molecule has 0 aliphatic rings. The van der Waals surface area contributed by atoms with Gasteiger partial charge >= 0.3 is 6.18 Å². The fraction of sp³-hybridized carbons (Fsp3) is 0.462. The maximum absolute atomic E-state index is 12.7. The van der Waals surface area contributed by atoms with Crippen LogP contribution in [-0.4, -0.2) is 32.3 Å². The van der Waals surface area contributed by atoms with E-state index in [2.05, 4.69) is 15.6 Å². The second-order valence-corrected chi connectivity index (χ2v) is 4.17. The molecule has 0 fully saturated rings. The van der Waals surface area contributed by atoms with Crippen LogP contribution in [0.1, 0.15) is 12.0 Å². The maximum Gasteiger partial charge on any atom is 0.390 e. The highest BCUT2D eigenvalue weighted by Crippen LogP contribution is 2.17.